The number of rotatable bonds is 6. The molecule has 0 spiro atoms. The summed E-state index contributed by atoms with van der Waals surface area (Å²) in [5.74, 6) is -0.520. The van der Waals surface area contributed by atoms with Crippen LogP contribution in [0.15, 0.2) is 18.2 Å². The minimum Gasteiger partial charge on any atom is -0.508 e. The molecule has 1 aromatic carbocycles. The first-order valence-corrected chi connectivity index (χ1v) is 6.33. The first-order chi connectivity index (χ1) is 9.45. The van der Waals surface area contributed by atoms with Crippen LogP contribution in [0.25, 0.3) is 0 Å². The molecule has 1 aromatic rings. The number of nitrogens with one attached hydrogen (secondary N) is 2. The number of hydrogen-bond donors (Lipinski definition) is 3. The maximum Gasteiger partial charge on any atom is 0.252 e. The largest absolute Gasteiger partial charge is 0.508 e. The van der Waals surface area contributed by atoms with Crippen LogP contribution >= 0.6 is 0 Å². The number of carbonyl (C=O) groups is 2. The predicted octanol–water partition coefficient (Wildman–Crippen LogP) is 0.582. The topological polar surface area (TPSA) is 87.7 Å². The third-order valence-corrected chi connectivity index (χ3v) is 2.80. The van der Waals surface area contributed by atoms with E-state index in [1.807, 2.05) is 0 Å². The highest BCUT2D eigenvalue weighted by Gasteiger charge is 2.17. The van der Waals surface area contributed by atoms with E-state index in [0.717, 1.165) is 0 Å². The second-order valence-electron chi connectivity index (χ2n) is 4.48. The molecule has 0 fully saturated rings. The molecule has 0 heterocycles. The number of phenolic OH excluding ortho intramolecular Hbond substituents is 1. The van der Waals surface area contributed by atoms with Crippen molar-refractivity contribution in [2.24, 2.45) is 0 Å². The van der Waals surface area contributed by atoms with Gasteiger partial charge in [0.1, 0.15) is 11.8 Å². The molecule has 2 amide bonds. The lowest BCUT2D eigenvalue weighted by atomic mass is 10.1. The average Bonchev–Trinajstić information content (AvgIpc) is 2.38. The lowest BCUT2D eigenvalue weighted by molar-refractivity contribution is -0.122. The molecule has 110 valence electrons. The smallest absolute Gasteiger partial charge is 0.252 e. The summed E-state index contributed by atoms with van der Waals surface area (Å²) in [5, 5.41) is 14.6. The lowest BCUT2D eigenvalue weighted by Crippen LogP contribution is -2.45. The normalized spacial score (nSPS) is 11.8. The Kier molecular flexibility index (Phi) is 5.99. The highest BCUT2D eigenvalue weighted by Crippen LogP contribution is 2.15. The Bertz CT molecular complexity index is 488. The molecular formula is C14H20N2O4. The van der Waals surface area contributed by atoms with Gasteiger partial charge in [-0.15, -0.1) is 0 Å². The van der Waals surface area contributed by atoms with E-state index >= 15 is 0 Å². The van der Waals surface area contributed by atoms with E-state index in [0.29, 0.717) is 24.3 Å². The van der Waals surface area contributed by atoms with E-state index in [-0.39, 0.29) is 17.6 Å². The summed E-state index contributed by atoms with van der Waals surface area (Å²) in [6, 6.07) is 3.81. The molecule has 0 aromatic heterocycles. The molecular weight excluding hydrogens is 260 g/mol. The number of hydrogen-bond acceptors (Lipinski definition) is 4. The van der Waals surface area contributed by atoms with Crippen LogP contribution in [-0.4, -0.2) is 43.2 Å². The van der Waals surface area contributed by atoms with Gasteiger partial charge in [-0.3, -0.25) is 9.59 Å². The maximum absolute atomic E-state index is 12.0. The summed E-state index contributed by atoms with van der Waals surface area (Å²) in [5.41, 5.74) is 1.08. The number of aryl methyl sites for hydroxylation is 1. The molecule has 0 saturated heterocycles. The Morgan fingerprint density at radius 2 is 2.10 bits per heavy atom. The van der Waals surface area contributed by atoms with Crippen LogP contribution in [0.1, 0.15) is 22.8 Å². The molecule has 1 rings (SSSR count). The van der Waals surface area contributed by atoms with Crippen LogP contribution in [0, 0.1) is 6.92 Å². The average molecular weight is 280 g/mol. The molecule has 0 bridgehead atoms. The molecule has 20 heavy (non-hydrogen) atoms. The molecule has 6 heteroatoms. The highest BCUT2D eigenvalue weighted by molar-refractivity contribution is 5.98. The molecule has 1 atom stereocenters. The Labute approximate surface area is 118 Å². The fraction of sp³-hybridized carbons (Fsp3) is 0.429. The third kappa shape index (κ3) is 4.55. The van der Waals surface area contributed by atoms with Gasteiger partial charge in [0.15, 0.2) is 0 Å². The Morgan fingerprint density at radius 1 is 1.40 bits per heavy atom. The number of amides is 2. The summed E-state index contributed by atoms with van der Waals surface area (Å²) >= 11 is 0. The Hall–Kier alpha value is -2.08. The van der Waals surface area contributed by atoms with E-state index in [1.165, 1.54) is 18.2 Å². The summed E-state index contributed by atoms with van der Waals surface area (Å²) in [6.07, 6.45) is 0. The second-order valence-corrected chi connectivity index (χ2v) is 4.48. The Balaban J connectivity index is 2.58. The summed E-state index contributed by atoms with van der Waals surface area (Å²) in [7, 11) is 1.55. The predicted molar refractivity (Wildman–Crippen MR) is 74.7 cm³/mol. The summed E-state index contributed by atoms with van der Waals surface area (Å²) in [4.78, 5) is 23.7. The number of phenols is 1. The van der Waals surface area contributed by atoms with Gasteiger partial charge in [0.05, 0.1) is 6.61 Å². The second kappa shape index (κ2) is 7.49. The van der Waals surface area contributed by atoms with E-state index in [4.69, 9.17) is 4.74 Å². The number of aromatic hydroxyl groups is 1. The van der Waals surface area contributed by atoms with Crippen molar-refractivity contribution in [3.8, 4) is 5.75 Å². The third-order valence-electron chi connectivity index (χ3n) is 2.80. The van der Waals surface area contributed by atoms with Crippen molar-refractivity contribution < 1.29 is 19.4 Å². The standard InChI is InChI=1S/C14H20N2O4/c1-9-8-11(17)4-5-12(9)14(19)16-10(2)13(18)15-6-7-20-3/h4-5,8,10,17H,6-7H2,1-3H3,(H,15,18)(H,16,19). The molecule has 1 unspecified atom stereocenters. The minimum atomic E-state index is -0.646. The SMILES string of the molecule is COCCNC(=O)C(C)NC(=O)c1ccc(O)cc1C. The van der Waals surface area contributed by atoms with Crippen molar-refractivity contribution in [3.63, 3.8) is 0 Å². The summed E-state index contributed by atoms with van der Waals surface area (Å²) in [6.45, 7) is 4.14. The van der Waals surface area contributed by atoms with Gasteiger partial charge in [0.25, 0.3) is 5.91 Å². The van der Waals surface area contributed by atoms with E-state index in [2.05, 4.69) is 10.6 Å². The monoisotopic (exact) mass is 280 g/mol. The van der Waals surface area contributed by atoms with Crippen LogP contribution in [0.3, 0.4) is 0 Å². The van der Waals surface area contributed by atoms with Gasteiger partial charge in [-0.1, -0.05) is 0 Å². The van der Waals surface area contributed by atoms with Crippen molar-refractivity contribution >= 4 is 11.8 Å². The first-order valence-electron chi connectivity index (χ1n) is 6.33. The van der Waals surface area contributed by atoms with Gasteiger partial charge >= 0.3 is 0 Å². The Morgan fingerprint density at radius 3 is 2.70 bits per heavy atom. The molecule has 0 aliphatic rings. The minimum absolute atomic E-state index is 0.101. The molecule has 0 aliphatic heterocycles. The van der Waals surface area contributed by atoms with Crippen LogP contribution in [-0.2, 0) is 9.53 Å². The molecule has 0 radical (unpaired) electrons. The quantitative estimate of drug-likeness (QED) is 0.665. The molecule has 3 N–H and O–H groups in total. The van der Waals surface area contributed by atoms with Gasteiger partial charge in [0.2, 0.25) is 5.91 Å². The number of methoxy groups -OCH3 is 1. The van der Waals surface area contributed by atoms with Crippen molar-refractivity contribution in [3.05, 3.63) is 29.3 Å². The van der Waals surface area contributed by atoms with Crippen LogP contribution < -0.4 is 10.6 Å². The zero-order valence-corrected chi connectivity index (χ0v) is 11.9. The lowest BCUT2D eigenvalue weighted by Gasteiger charge is -2.15. The van der Waals surface area contributed by atoms with Gasteiger partial charge in [-0.05, 0) is 37.6 Å². The van der Waals surface area contributed by atoms with Crippen LogP contribution in [0.4, 0.5) is 0 Å². The van der Waals surface area contributed by atoms with Gasteiger partial charge in [0, 0.05) is 19.2 Å². The van der Waals surface area contributed by atoms with Crippen molar-refractivity contribution in [2.75, 3.05) is 20.3 Å². The van der Waals surface area contributed by atoms with Crippen LogP contribution in [0.2, 0.25) is 0 Å². The van der Waals surface area contributed by atoms with E-state index in [1.54, 1.807) is 21.0 Å². The van der Waals surface area contributed by atoms with Gasteiger partial charge in [-0.2, -0.15) is 0 Å². The zero-order valence-electron chi connectivity index (χ0n) is 11.9. The van der Waals surface area contributed by atoms with Crippen molar-refractivity contribution in [1.29, 1.82) is 0 Å². The highest BCUT2D eigenvalue weighted by atomic mass is 16.5. The first kappa shape index (κ1) is 16.0. The van der Waals surface area contributed by atoms with Crippen molar-refractivity contribution in [2.45, 2.75) is 19.9 Å². The fourth-order valence-corrected chi connectivity index (χ4v) is 1.67. The molecule has 0 saturated carbocycles. The molecule has 6 nitrogen and oxygen atoms in total. The fourth-order valence-electron chi connectivity index (χ4n) is 1.67. The maximum atomic E-state index is 12.0. The number of benzene rings is 1. The number of ether oxygens (including phenoxy) is 1. The van der Waals surface area contributed by atoms with E-state index in [9.17, 15) is 14.7 Å². The van der Waals surface area contributed by atoms with Gasteiger partial charge < -0.3 is 20.5 Å². The number of carbonyl (C=O) groups excluding carboxylic acids is 2. The van der Waals surface area contributed by atoms with E-state index < -0.39 is 6.04 Å². The van der Waals surface area contributed by atoms with Crippen molar-refractivity contribution in [1.82, 2.24) is 10.6 Å². The zero-order chi connectivity index (χ0) is 15.1. The van der Waals surface area contributed by atoms with Gasteiger partial charge in [-0.25, -0.2) is 0 Å². The summed E-state index contributed by atoms with van der Waals surface area (Å²) < 4.78 is 4.82. The van der Waals surface area contributed by atoms with Crippen LogP contribution in [0.5, 0.6) is 5.75 Å². The molecule has 0 aliphatic carbocycles.